The summed E-state index contributed by atoms with van der Waals surface area (Å²) in [5.41, 5.74) is -0.0103. The summed E-state index contributed by atoms with van der Waals surface area (Å²) in [5, 5.41) is 13.9. The number of fused-ring (bicyclic) bond motifs is 2. The van der Waals surface area contributed by atoms with E-state index < -0.39 is 47.2 Å². The van der Waals surface area contributed by atoms with Crippen LogP contribution in [0.15, 0.2) is 72.8 Å². The minimum Gasteiger partial charge on any atom is -0.508 e. The van der Waals surface area contributed by atoms with E-state index in [9.17, 15) is 45.8 Å². The predicted molar refractivity (Wildman–Crippen MR) is 285 cm³/mol. The van der Waals surface area contributed by atoms with Gasteiger partial charge in [0.15, 0.2) is 0 Å². The van der Waals surface area contributed by atoms with E-state index in [0.717, 1.165) is 23.6 Å². The third kappa shape index (κ3) is 23.1. The fourth-order valence-electron chi connectivity index (χ4n) is 7.59. The van der Waals surface area contributed by atoms with Gasteiger partial charge < -0.3 is 19.3 Å². The van der Waals surface area contributed by atoms with E-state index in [2.05, 4.69) is 64.1 Å². The SMILES string of the molecule is CCC(C)c1ccc2cc(O)ccc2c1.CCC(C)c1ccc2cc(OC(C)=O)ccc2c1.CCC(CC)(CCCC(F)(F)F)OC(=O)C(C)(C)CC.CCC(CC)(CCCC(F)(F)F)OC(=O)C(C)(C)CC. The zero-order valence-corrected chi connectivity index (χ0v) is 46.6. The van der Waals surface area contributed by atoms with Crippen LogP contribution >= 0.6 is 0 Å². The molecule has 0 aliphatic carbocycles. The Morgan fingerprint density at radius 1 is 0.493 bits per heavy atom. The van der Waals surface area contributed by atoms with Gasteiger partial charge in [-0.15, -0.1) is 0 Å². The first-order valence-corrected chi connectivity index (χ1v) is 26.4. The Bertz CT molecular complexity index is 2230. The van der Waals surface area contributed by atoms with Gasteiger partial charge in [-0.25, -0.2) is 0 Å². The molecule has 0 fully saturated rings. The van der Waals surface area contributed by atoms with Crippen LogP contribution < -0.4 is 4.74 Å². The highest BCUT2D eigenvalue weighted by Crippen LogP contribution is 2.36. The van der Waals surface area contributed by atoms with Gasteiger partial charge in [0.1, 0.15) is 22.7 Å². The summed E-state index contributed by atoms with van der Waals surface area (Å²) in [6.07, 6.45) is -3.77. The number of hydrogen-bond acceptors (Lipinski definition) is 7. The molecule has 2 atom stereocenters. The summed E-state index contributed by atoms with van der Waals surface area (Å²) in [4.78, 5) is 35.2. The normalized spacial score (nSPS) is 13.1. The molecule has 0 bridgehead atoms. The number of hydrogen-bond donors (Lipinski definition) is 1. The lowest BCUT2D eigenvalue weighted by atomic mass is 9.87. The van der Waals surface area contributed by atoms with E-state index in [1.807, 2.05) is 65.8 Å². The van der Waals surface area contributed by atoms with Gasteiger partial charge in [0.25, 0.3) is 0 Å². The van der Waals surface area contributed by atoms with Crippen molar-refractivity contribution in [1.82, 2.24) is 0 Å². The Morgan fingerprint density at radius 3 is 1.16 bits per heavy atom. The lowest BCUT2D eigenvalue weighted by Crippen LogP contribution is -2.39. The highest BCUT2D eigenvalue weighted by atomic mass is 19.4. The fourth-order valence-corrected chi connectivity index (χ4v) is 7.59. The number of halogens is 6. The van der Waals surface area contributed by atoms with Gasteiger partial charge in [0.2, 0.25) is 0 Å². The third-order valence-electron chi connectivity index (χ3n) is 14.6. The summed E-state index contributed by atoms with van der Waals surface area (Å²) in [5.74, 6) is 1.17. The molecular formula is C60H88F6O7. The molecule has 0 saturated carbocycles. The molecule has 73 heavy (non-hydrogen) atoms. The first-order chi connectivity index (χ1) is 33.8. The van der Waals surface area contributed by atoms with Crippen molar-refractivity contribution in [3.8, 4) is 11.5 Å². The highest BCUT2D eigenvalue weighted by molar-refractivity contribution is 5.86. The zero-order valence-electron chi connectivity index (χ0n) is 46.6. The van der Waals surface area contributed by atoms with Crippen LogP contribution in [0.4, 0.5) is 26.3 Å². The van der Waals surface area contributed by atoms with Crippen LogP contribution in [0.25, 0.3) is 21.5 Å². The van der Waals surface area contributed by atoms with Crippen LogP contribution in [0.3, 0.4) is 0 Å². The van der Waals surface area contributed by atoms with Crippen LogP contribution in [0.1, 0.15) is 217 Å². The van der Waals surface area contributed by atoms with Gasteiger partial charge in [-0.05, 0) is 174 Å². The summed E-state index contributed by atoms with van der Waals surface area (Å²) in [7, 11) is 0. The molecule has 4 aromatic rings. The zero-order chi connectivity index (χ0) is 56.0. The molecule has 4 aromatic carbocycles. The first kappa shape index (κ1) is 66.2. The van der Waals surface area contributed by atoms with Gasteiger partial charge in [-0.1, -0.05) is 118 Å². The van der Waals surface area contributed by atoms with Crippen molar-refractivity contribution in [3.05, 3.63) is 83.9 Å². The molecule has 1 N–H and O–H groups in total. The second-order valence-corrected chi connectivity index (χ2v) is 20.7. The van der Waals surface area contributed by atoms with E-state index in [1.165, 1.54) is 28.8 Å². The van der Waals surface area contributed by atoms with E-state index in [1.54, 1.807) is 39.8 Å². The maximum absolute atomic E-state index is 12.2. The lowest BCUT2D eigenvalue weighted by Gasteiger charge is -2.35. The monoisotopic (exact) mass is 1030 g/mol. The Morgan fingerprint density at radius 2 is 0.836 bits per heavy atom. The third-order valence-corrected chi connectivity index (χ3v) is 14.6. The van der Waals surface area contributed by atoms with Gasteiger partial charge in [-0.2, -0.15) is 26.3 Å². The number of aromatic hydroxyl groups is 1. The van der Waals surface area contributed by atoms with Gasteiger partial charge in [0, 0.05) is 19.8 Å². The molecule has 0 aliphatic heterocycles. The highest BCUT2D eigenvalue weighted by Gasteiger charge is 2.39. The molecule has 0 spiro atoms. The smallest absolute Gasteiger partial charge is 0.389 e. The molecule has 4 rings (SSSR count). The second-order valence-electron chi connectivity index (χ2n) is 20.7. The second kappa shape index (κ2) is 29.9. The number of phenols is 1. The number of rotatable bonds is 21. The van der Waals surface area contributed by atoms with Gasteiger partial charge in [0.05, 0.1) is 10.8 Å². The molecule has 0 amide bonds. The minimum atomic E-state index is -4.15. The van der Waals surface area contributed by atoms with E-state index in [0.29, 0.717) is 61.9 Å². The summed E-state index contributed by atoms with van der Waals surface area (Å²) >= 11 is 0. The number of carbonyl (C=O) groups is 3. The Balaban J connectivity index is 0.000000488. The summed E-state index contributed by atoms with van der Waals surface area (Å²) in [6, 6.07) is 24.1. The van der Waals surface area contributed by atoms with E-state index >= 15 is 0 Å². The number of ether oxygens (including phenoxy) is 3. The quantitative estimate of drug-likeness (QED) is 0.0504. The molecule has 0 aromatic heterocycles. The van der Waals surface area contributed by atoms with Crippen molar-refractivity contribution in [1.29, 1.82) is 0 Å². The van der Waals surface area contributed by atoms with Gasteiger partial charge in [-0.3, -0.25) is 14.4 Å². The first-order valence-electron chi connectivity index (χ1n) is 26.4. The van der Waals surface area contributed by atoms with Crippen molar-refractivity contribution in [3.63, 3.8) is 0 Å². The number of phenolic OH excluding ortho intramolecular Hbond substituents is 1. The topological polar surface area (TPSA) is 99.1 Å². The minimum absolute atomic E-state index is 0.00892. The van der Waals surface area contributed by atoms with Crippen molar-refractivity contribution in [2.45, 2.75) is 229 Å². The fraction of sp³-hybridized carbons (Fsp3) is 0.617. The lowest BCUT2D eigenvalue weighted by molar-refractivity contribution is -0.175. The number of benzene rings is 4. The number of carbonyl (C=O) groups excluding carboxylic acids is 3. The number of alkyl halides is 6. The van der Waals surface area contributed by atoms with Crippen molar-refractivity contribution < 1.29 is 60.0 Å². The molecule has 13 heteroatoms. The standard InChI is InChI=1S/C16H18O2.2C15H27F3O2.C14H16O/c1-4-11(2)13-5-6-15-10-16(18-12(3)17)8-7-14(15)9-13;2*1-6-13(4,5)12(19)20-14(7-2,8-3)10-9-11-15(16,17)18;1-3-10(2)11-4-5-13-9-14(15)7-6-12(13)8-11/h5-11H,4H2,1-3H3;2*6-11H2,1-5H3;4-10,15H,3H2,1-2H3. The van der Waals surface area contributed by atoms with Crippen LogP contribution in [-0.4, -0.2) is 46.6 Å². The average Bonchev–Trinajstić information content (AvgIpc) is 3.34. The van der Waals surface area contributed by atoms with Crippen molar-refractivity contribution in [2.75, 3.05) is 0 Å². The summed E-state index contributed by atoms with van der Waals surface area (Å²) in [6.45, 7) is 28.6. The molecule has 0 aliphatic rings. The Hall–Kier alpha value is -4.81. The Kier molecular flexibility index (Phi) is 27.1. The largest absolute Gasteiger partial charge is 0.508 e. The van der Waals surface area contributed by atoms with Crippen molar-refractivity contribution in [2.24, 2.45) is 10.8 Å². The van der Waals surface area contributed by atoms with Crippen LogP contribution in [0, 0.1) is 10.8 Å². The number of esters is 3. The van der Waals surface area contributed by atoms with Crippen molar-refractivity contribution >= 4 is 39.5 Å². The molecular weight excluding hydrogens is 947 g/mol. The maximum Gasteiger partial charge on any atom is 0.389 e. The predicted octanol–water partition coefficient (Wildman–Crippen LogP) is 18.9. The van der Waals surface area contributed by atoms with E-state index in [4.69, 9.17) is 14.2 Å². The summed E-state index contributed by atoms with van der Waals surface area (Å²) < 4.78 is 89.7. The molecule has 0 saturated heterocycles. The molecule has 0 heterocycles. The van der Waals surface area contributed by atoms with Crippen LogP contribution in [0.2, 0.25) is 0 Å². The average molecular weight is 1040 g/mol. The maximum atomic E-state index is 12.2. The Labute approximate surface area is 433 Å². The van der Waals surface area contributed by atoms with Gasteiger partial charge >= 0.3 is 30.3 Å². The molecule has 7 nitrogen and oxygen atoms in total. The van der Waals surface area contributed by atoms with Crippen LogP contribution in [0.5, 0.6) is 11.5 Å². The van der Waals surface area contributed by atoms with E-state index in [-0.39, 0.29) is 43.6 Å². The molecule has 412 valence electrons. The van der Waals surface area contributed by atoms with Crippen LogP contribution in [-0.2, 0) is 23.9 Å². The molecule has 2 unspecified atom stereocenters. The molecule has 0 radical (unpaired) electrons.